The molecule has 1 aliphatic carbocycles. The molecule has 94 valence electrons. The maximum Gasteiger partial charge on any atom is 0.187 e. The second kappa shape index (κ2) is 4.31. The molecule has 2 nitrogen and oxygen atoms in total. The van der Waals surface area contributed by atoms with E-state index in [0.717, 1.165) is 0 Å². The van der Waals surface area contributed by atoms with Crippen molar-refractivity contribution in [2.24, 2.45) is 0 Å². The monoisotopic (exact) mass is 318 g/mol. The standard InChI is InChI=1S/C15H8BrFO2/c16-13-5-11-10(8-2-1-3-9(17)4-8)6-14(18)12(11)7-15(13)19/h1-7,19H. The number of aromatic hydroxyl groups is 1. The molecule has 0 fully saturated rings. The Balaban J connectivity index is 2.20. The van der Waals surface area contributed by atoms with E-state index in [1.165, 1.54) is 24.3 Å². The van der Waals surface area contributed by atoms with E-state index in [1.807, 2.05) is 0 Å². The van der Waals surface area contributed by atoms with E-state index in [2.05, 4.69) is 15.9 Å². The molecule has 0 radical (unpaired) electrons. The quantitative estimate of drug-likeness (QED) is 0.865. The molecule has 0 saturated heterocycles. The molecule has 4 heteroatoms. The van der Waals surface area contributed by atoms with Crippen LogP contribution in [0, 0.1) is 5.82 Å². The molecule has 0 spiro atoms. The Morgan fingerprint density at radius 1 is 1.11 bits per heavy atom. The topological polar surface area (TPSA) is 37.3 Å². The van der Waals surface area contributed by atoms with Gasteiger partial charge in [-0.25, -0.2) is 4.39 Å². The number of ketones is 1. The third kappa shape index (κ3) is 1.98. The van der Waals surface area contributed by atoms with Crippen LogP contribution in [0.25, 0.3) is 5.57 Å². The Bertz CT molecular complexity index is 735. The minimum Gasteiger partial charge on any atom is -0.507 e. The van der Waals surface area contributed by atoms with Crippen LogP contribution in [0.4, 0.5) is 4.39 Å². The highest BCUT2D eigenvalue weighted by atomic mass is 79.9. The molecule has 1 aliphatic rings. The molecule has 0 aliphatic heterocycles. The molecular weight excluding hydrogens is 311 g/mol. The average Bonchev–Trinajstić information content (AvgIpc) is 2.68. The van der Waals surface area contributed by atoms with E-state index in [4.69, 9.17) is 0 Å². The smallest absolute Gasteiger partial charge is 0.187 e. The Kier molecular flexibility index (Phi) is 2.75. The van der Waals surface area contributed by atoms with Gasteiger partial charge in [-0.15, -0.1) is 0 Å². The lowest BCUT2D eigenvalue weighted by Gasteiger charge is -2.07. The molecule has 0 amide bonds. The summed E-state index contributed by atoms with van der Waals surface area (Å²) in [5.74, 6) is -0.518. The summed E-state index contributed by atoms with van der Waals surface area (Å²) in [4.78, 5) is 11.9. The first-order chi connectivity index (χ1) is 9.06. The molecule has 2 aromatic rings. The maximum absolute atomic E-state index is 13.3. The van der Waals surface area contributed by atoms with Crippen LogP contribution in [-0.4, -0.2) is 10.9 Å². The molecule has 0 aromatic heterocycles. The molecular formula is C15H8BrFO2. The normalized spacial score (nSPS) is 13.4. The molecule has 1 N–H and O–H groups in total. The lowest BCUT2D eigenvalue weighted by molar-refractivity contribution is 0.104. The number of carbonyl (C=O) groups excluding carboxylic acids is 1. The van der Waals surface area contributed by atoms with E-state index in [0.29, 0.717) is 26.7 Å². The first kappa shape index (κ1) is 12.1. The molecule has 19 heavy (non-hydrogen) atoms. The number of phenols is 1. The van der Waals surface area contributed by atoms with Crippen molar-refractivity contribution in [2.75, 3.05) is 0 Å². The number of allylic oxidation sites excluding steroid dienone is 1. The molecule has 3 rings (SSSR count). The molecule has 2 aromatic carbocycles. The van der Waals surface area contributed by atoms with Gasteiger partial charge in [-0.2, -0.15) is 0 Å². The molecule has 0 unspecified atom stereocenters. The van der Waals surface area contributed by atoms with Crippen molar-refractivity contribution in [3.05, 3.63) is 69.5 Å². The molecule has 0 atom stereocenters. The molecule has 0 saturated carbocycles. The number of hydrogen-bond donors (Lipinski definition) is 1. The zero-order valence-corrected chi connectivity index (χ0v) is 11.2. The molecule has 0 heterocycles. The van der Waals surface area contributed by atoms with Crippen LogP contribution >= 0.6 is 15.9 Å². The van der Waals surface area contributed by atoms with Gasteiger partial charge in [0.2, 0.25) is 0 Å². The fourth-order valence-corrected chi connectivity index (χ4v) is 2.51. The van der Waals surface area contributed by atoms with Crippen LogP contribution in [0.2, 0.25) is 0 Å². The van der Waals surface area contributed by atoms with Crippen LogP contribution < -0.4 is 0 Å². The van der Waals surface area contributed by atoms with Gasteiger partial charge in [0.15, 0.2) is 5.78 Å². The van der Waals surface area contributed by atoms with Gasteiger partial charge in [0.1, 0.15) is 11.6 Å². The van der Waals surface area contributed by atoms with Crippen molar-refractivity contribution in [3.63, 3.8) is 0 Å². The fourth-order valence-electron chi connectivity index (χ4n) is 2.17. The number of rotatable bonds is 1. The third-order valence-corrected chi connectivity index (χ3v) is 3.69. The van der Waals surface area contributed by atoms with Crippen molar-refractivity contribution in [1.29, 1.82) is 0 Å². The summed E-state index contributed by atoms with van der Waals surface area (Å²) in [6, 6.07) is 9.18. The van der Waals surface area contributed by atoms with Crippen molar-refractivity contribution in [1.82, 2.24) is 0 Å². The first-order valence-electron chi connectivity index (χ1n) is 5.61. The van der Waals surface area contributed by atoms with E-state index < -0.39 is 0 Å². The van der Waals surface area contributed by atoms with Crippen molar-refractivity contribution in [2.45, 2.75) is 0 Å². The summed E-state index contributed by atoms with van der Waals surface area (Å²) >= 11 is 3.22. The number of benzene rings is 2. The summed E-state index contributed by atoms with van der Waals surface area (Å²) in [5, 5.41) is 9.62. The van der Waals surface area contributed by atoms with Crippen molar-refractivity contribution < 1.29 is 14.3 Å². The zero-order chi connectivity index (χ0) is 13.6. The summed E-state index contributed by atoms with van der Waals surface area (Å²) in [5.41, 5.74) is 2.44. The van der Waals surface area contributed by atoms with Crippen LogP contribution in [0.1, 0.15) is 21.5 Å². The van der Waals surface area contributed by atoms with Crippen molar-refractivity contribution in [3.8, 4) is 5.75 Å². The minimum atomic E-state index is -0.350. The van der Waals surface area contributed by atoms with E-state index in [-0.39, 0.29) is 17.3 Å². The maximum atomic E-state index is 13.3. The number of hydrogen-bond acceptors (Lipinski definition) is 2. The van der Waals surface area contributed by atoms with Crippen LogP contribution in [0.5, 0.6) is 5.75 Å². The fraction of sp³-hybridized carbons (Fsp3) is 0. The van der Waals surface area contributed by atoms with Gasteiger partial charge in [-0.05, 0) is 63.0 Å². The Hall–Kier alpha value is -1.94. The van der Waals surface area contributed by atoms with E-state index in [9.17, 15) is 14.3 Å². The lowest BCUT2D eigenvalue weighted by atomic mass is 9.99. The van der Waals surface area contributed by atoms with Gasteiger partial charge in [0.25, 0.3) is 0 Å². The second-order valence-electron chi connectivity index (χ2n) is 4.28. The number of fused-ring (bicyclic) bond motifs is 1. The second-order valence-corrected chi connectivity index (χ2v) is 5.14. The van der Waals surface area contributed by atoms with Gasteiger partial charge in [-0.1, -0.05) is 12.1 Å². The summed E-state index contributed by atoms with van der Waals surface area (Å²) in [6.07, 6.45) is 1.46. The SMILES string of the molecule is O=C1C=C(c2cccc(F)c2)c2cc(Br)c(O)cc21. The van der Waals surface area contributed by atoms with Gasteiger partial charge < -0.3 is 5.11 Å². The predicted molar refractivity (Wildman–Crippen MR) is 73.6 cm³/mol. The zero-order valence-electron chi connectivity index (χ0n) is 9.65. The van der Waals surface area contributed by atoms with Crippen LogP contribution in [0.3, 0.4) is 0 Å². The Labute approximate surface area is 117 Å². The highest BCUT2D eigenvalue weighted by Crippen LogP contribution is 2.38. The highest BCUT2D eigenvalue weighted by Gasteiger charge is 2.24. The van der Waals surface area contributed by atoms with Gasteiger partial charge >= 0.3 is 0 Å². The van der Waals surface area contributed by atoms with Crippen LogP contribution in [-0.2, 0) is 0 Å². The number of phenolic OH excluding ortho intramolecular Hbond substituents is 1. The molecule has 0 bridgehead atoms. The predicted octanol–water partition coefficient (Wildman–Crippen LogP) is 3.92. The Morgan fingerprint density at radius 3 is 2.63 bits per heavy atom. The summed E-state index contributed by atoms with van der Waals surface area (Å²) in [6.45, 7) is 0. The summed E-state index contributed by atoms with van der Waals surface area (Å²) in [7, 11) is 0. The van der Waals surface area contributed by atoms with Gasteiger partial charge in [0.05, 0.1) is 4.47 Å². The largest absolute Gasteiger partial charge is 0.507 e. The van der Waals surface area contributed by atoms with E-state index in [1.54, 1.807) is 18.2 Å². The van der Waals surface area contributed by atoms with Gasteiger partial charge in [-0.3, -0.25) is 4.79 Å². The third-order valence-electron chi connectivity index (χ3n) is 3.05. The Morgan fingerprint density at radius 2 is 1.89 bits per heavy atom. The average molecular weight is 319 g/mol. The van der Waals surface area contributed by atoms with E-state index >= 15 is 0 Å². The summed E-state index contributed by atoms with van der Waals surface area (Å²) < 4.78 is 13.8. The van der Waals surface area contributed by atoms with Gasteiger partial charge in [0, 0.05) is 5.56 Å². The van der Waals surface area contributed by atoms with Crippen LogP contribution in [0.15, 0.2) is 46.9 Å². The first-order valence-corrected chi connectivity index (χ1v) is 6.40. The number of carbonyl (C=O) groups is 1. The minimum absolute atomic E-state index is 0.0148. The number of halogens is 2. The highest BCUT2D eigenvalue weighted by molar-refractivity contribution is 9.10. The lowest BCUT2D eigenvalue weighted by Crippen LogP contribution is -1.92. The van der Waals surface area contributed by atoms with Crippen molar-refractivity contribution >= 4 is 27.3 Å².